The molecular formula is C22H15ClF2N2O4. The van der Waals surface area contributed by atoms with Gasteiger partial charge in [0.25, 0.3) is 5.56 Å². The second kappa shape index (κ2) is 8.23. The number of aromatic carboxylic acids is 1. The predicted octanol–water partition coefficient (Wildman–Crippen LogP) is 5.00. The predicted molar refractivity (Wildman–Crippen MR) is 112 cm³/mol. The molecule has 4 rings (SSSR count). The minimum atomic E-state index is -2.94. The van der Waals surface area contributed by atoms with Gasteiger partial charge in [0.05, 0.1) is 0 Å². The van der Waals surface area contributed by atoms with Gasteiger partial charge in [0, 0.05) is 39.8 Å². The highest BCUT2D eigenvalue weighted by Crippen LogP contribution is 2.36. The fourth-order valence-corrected chi connectivity index (χ4v) is 3.74. The minimum absolute atomic E-state index is 0.00198. The van der Waals surface area contributed by atoms with Crippen molar-refractivity contribution in [3.05, 3.63) is 87.4 Å². The summed E-state index contributed by atoms with van der Waals surface area (Å²) in [5.41, 5.74) is 1.16. The van der Waals surface area contributed by atoms with Crippen molar-refractivity contribution in [3.8, 4) is 16.9 Å². The molecule has 0 saturated heterocycles. The van der Waals surface area contributed by atoms with Crippen molar-refractivity contribution < 1.29 is 23.4 Å². The van der Waals surface area contributed by atoms with E-state index >= 15 is 0 Å². The topological polar surface area (TPSA) is 84.3 Å². The monoisotopic (exact) mass is 444 g/mol. The summed E-state index contributed by atoms with van der Waals surface area (Å²) in [6.07, 6.45) is 1.46. The first kappa shape index (κ1) is 20.6. The summed E-state index contributed by atoms with van der Waals surface area (Å²) in [5, 5.41) is 10.9. The third-order valence-corrected chi connectivity index (χ3v) is 5.04. The van der Waals surface area contributed by atoms with Crippen molar-refractivity contribution in [2.24, 2.45) is 0 Å². The maximum Gasteiger partial charge on any atom is 0.387 e. The quantitative estimate of drug-likeness (QED) is 0.438. The molecule has 0 amide bonds. The molecule has 2 heterocycles. The van der Waals surface area contributed by atoms with Crippen LogP contribution in [-0.2, 0) is 6.54 Å². The molecule has 2 N–H and O–H groups in total. The van der Waals surface area contributed by atoms with E-state index < -0.39 is 18.1 Å². The zero-order chi connectivity index (χ0) is 22.1. The Morgan fingerprint density at radius 1 is 1.16 bits per heavy atom. The van der Waals surface area contributed by atoms with Gasteiger partial charge in [-0.2, -0.15) is 8.78 Å². The van der Waals surface area contributed by atoms with Gasteiger partial charge in [0.1, 0.15) is 11.4 Å². The number of ether oxygens (including phenoxy) is 1. The molecule has 0 aliphatic heterocycles. The third kappa shape index (κ3) is 4.02. The molecule has 2 aromatic heterocycles. The van der Waals surface area contributed by atoms with Gasteiger partial charge in [-0.1, -0.05) is 23.7 Å². The number of alkyl halides is 2. The van der Waals surface area contributed by atoms with Crippen molar-refractivity contribution in [1.82, 2.24) is 9.55 Å². The first-order valence-corrected chi connectivity index (χ1v) is 9.50. The van der Waals surface area contributed by atoms with Gasteiger partial charge in [-0.25, -0.2) is 4.79 Å². The SMILES string of the molecule is O=C(O)c1c(-c2ccc[nH]c2=O)c2cc(Cl)ccc2n1Cc1ccc(OC(F)F)cc1. The van der Waals surface area contributed by atoms with Crippen molar-refractivity contribution in [2.75, 3.05) is 0 Å². The molecular weight excluding hydrogens is 430 g/mol. The molecule has 9 heteroatoms. The van der Waals surface area contributed by atoms with Crippen LogP contribution in [0.1, 0.15) is 16.1 Å². The Kier molecular flexibility index (Phi) is 5.48. The van der Waals surface area contributed by atoms with Crippen LogP contribution >= 0.6 is 11.6 Å². The summed E-state index contributed by atoms with van der Waals surface area (Å²) in [4.78, 5) is 27.3. The molecule has 31 heavy (non-hydrogen) atoms. The zero-order valence-corrected chi connectivity index (χ0v) is 16.6. The molecule has 0 fully saturated rings. The highest BCUT2D eigenvalue weighted by atomic mass is 35.5. The average molecular weight is 445 g/mol. The first-order chi connectivity index (χ1) is 14.8. The number of hydrogen-bond donors (Lipinski definition) is 2. The summed E-state index contributed by atoms with van der Waals surface area (Å²) in [7, 11) is 0. The number of carboxylic acid groups (broad SMARTS) is 1. The fraction of sp³-hybridized carbons (Fsp3) is 0.0909. The maximum absolute atomic E-state index is 12.5. The largest absolute Gasteiger partial charge is 0.477 e. The van der Waals surface area contributed by atoms with E-state index in [0.29, 0.717) is 21.5 Å². The third-order valence-electron chi connectivity index (χ3n) is 4.80. The number of aromatic amines is 1. The number of carbonyl (C=O) groups is 1. The van der Waals surface area contributed by atoms with E-state index in [9.17, 15) is 23.5 Å². The molecule has 0 unspecified atom stereocenters. The van der Waals surface area contributed by atoms with Gasteiger partial charge in [-0.3, -0.25) is 4.79 Å². The summed E-state index contributed by atoms with van der Waals surface area (Å²) in [6.45, 7) is -2.81. The highest BCUT2D eigenvalue weighted by Gasteiger charge is 2.25. The van der Waals surface area contributed by atoms with Crippen LogP contribution in [0.25, 0.3) is 22.0 Å². The zero-order valence-electron chi connectivity index (χ0n) is 15.8. The lowest BCUT2D eigenvalue weighted by molar-refractivity contribution is -0.0498. The molecule has 0 atom stereocenters. The summed E-state index contributed by atoms with van der Waals surface area (Å²) < 4.78 is 30.7. The van der Waals surface area contributed by atoms with Crippen molar-refractivity contribution >= 4 is 28.5 Å². The standard InChI is InChI=1S/C22H15ClF2N2O4/c23-13-5-8-17-16(10-13)18(15-2-1-9-26-20(15)28)19(21(29)30)27(17)11-12-3-6-14(7-4-12)31-22(24)25/h1-10,22H,11H2,(H,26,28)(H,29,30). The average Bonchev–Trinajstić information content (AvgIpc) is 3.03. The van der Waals surface area contributed by atoms with Crippen LogP contribution in [0.3, 0.4) is 0 Å². The van der Waals surface area contributed by atoms with Gasteiger partial charge in [0.2, 0.25) is 0 Å². The number of nitrogens with one attached hydrogen (secondary N) is 1. The van der Waals surface area contributed by atoms with Crippen LogP contribution < -0.4 is 10.3 Å². The molecule has 0 saturated carbocycles. The Hall–Kier alpha value is -3.65. The lowest BCUT2D eigenvalue weighted by atomic mass is 10.0. The van der Waals surface area contributed by atoms with Crippen LogP contribution in [0.2, 0.25) is 5.02 Å². The van der Waals surface area contributed by atoms with Crippen molar-refractivity contribution in [1.29, 1.82) is 0 Å². The smallest absolute Gasteiger partial charge is 0.387 e. The highest BCUT2D eigenvalue weighted by molar-refractivity contribution is 6.31. The van der Waals surface area contributed by atoms with Gasteiger partial charge < -0.3 is 19.4 Å². The first-order valence-electron chi connectivity index (χ1n) is 9.12. The lowest BCUT2D eigenvalue weighted by Gasteiger charge is -2.11. The second-order valence-corrected chi connectivity index (χ2v) is 7.15. The summed E-state index contributed by atoms with van der Waals surface area (Å²) in [6, 6.07) is 14.0. The molecule has 6 nitrogen and oxygen atoms in total. The number of aromatic nitrogens is 2. The van der Waals surface area contributed by atoms with Crippen LogP contribution in [0, 0.1) is 0 Å². The van der Waals surface area contributed by atoms with Crippen molar-refractivity contribution in [2.45, 2.75) is 13.2 Å². The van der Waals surface area contributed by atoms with E-state index in [1.165, 1.54) is 18.3 Å². The molecule has 0 aliphatic rings. The number of fused-ring (bicyclic) bond motifs is 1. The number of benzene rings is 2. The van der Waals surface area contributed by atoms with E-state index in [0.717, 1.165) is 0 Å². The number of rotatable bonds is 6. The summed E-state index contributed by atoms with van der Waals surface area (Å²) >= 11 is 6.16. The lowest BCUT2D eigenvalue weighted by Crippen LogP contribution is -2.13. The number of nitrogens with zero attached hydrogens (tertiary/aromatic N) is 1. The minimum Gasteiger partial charge on any atom is -0.477 e. The van der Waals surface area contributed by atoms with Gasteiger partial charge in [0.15, 0.2) is 0 Å². The Labute approximate surface area is 179 Å². The Morgan fingerprint density at radius 2 is 1.90 bits per heavy atom. The van der Waals surface area contributed by atoms with Crippen LogP contribution in [0.5, 0.6) is 5.75 Å². The molecule has 0 aliphatic carbocycles. The number of pyridine rings is 1. The molecule has 0 bridgehead atoms. The molecule has 158 valence electrons. The maximum atomic E-state index is 12.5. The van der Waals surface area contributed by atoms with E-state index in [1.807, 2.05) is 0 Å². The Balaban J connectivity index is 1.91. The summed E-state index contributed by atoms with van der Waals surface area (Å²) in [5.74, 6) is -1.22. The van der Waals surface area contributed by atoms with E-state index in [2.05, 4.69) is 9.72 Å². The van der Waals surface area contributed by atoms with Crippen molar-refractivity contribution in [3.63, 3.8) is 0 Å². The van der Waals surface area contributed by atoms with Gasteiger partial charge in [-0.05, 0) is 48.0 Å². The Bertz CT molecular complexity index is 1330. The Morgan fingerprint density at radius 3 is 2.55 bits per heavy atom. The van der Waals surface area contributed by atoms with E-state index in [-0.39, 0.29) is 29.1 Å². The van der Waals surface area contributed by atoms with E-state index in [4.69, 9.17) is 11.6 Å². The van der Waals surface area contributed by atoms with Crippen LogP contribution in [0.15, 0.2) is 65.6 Å². The number of carboxylic acids is 1. The molecule has 0 spiro atoms. The molecule has 2 aromatic carbocycles. The van der Waals surface area contributed by atoms with Crippen LogP contribution in [0.4, 0.5) is 8.78 Å². The molecule has 0 radical (unpaired) electrons. The van der Waals surface area contributed by atoms with E-state index in [1.54, 1.807) is 47.0 Å². The number of H-pyrrole nitrogens is 1. The number of hydrogen-bond acceptors (Lipinski definition) is 3. The van der Waals surface area contributed by atoms with Gasteiger partial charge >= 0.3 is 12.6 Å². The van der Waals surface area contributed by atoms with Crippen LogP contribution in [-0.4, -0.2) is 27.2 Å². The normalized spacial score (nSPS) is 11.2. The number of halogens is 3. The molecule has 4 aromatic rings. The second-order valence-electron chi connectivity index (χ2n) is 6.71. The van der Waals surface area contributed by atoms with Gasteiger partial charge in [-0.15, -0.1) is 0 Å². The fourth-order valence-electron chi connectivity index (χ4n) is 3.56.